The van der Waals surface area contributed by atoms with E-state index >= 15 is 0 Å². The molecule has 2 aliphatic heterocycles. The Morgan fingerprint density at radius 3 is 2.69 bits per heavy atom. The fourth-order valence-corrected chi connectivity index (χ4v) is 5.27. The molecule has 2 aromatic heterocycles. The molecule has 0 amide bonds. The first kappa shape index (κ1) is 18.5. The summed E-state index contributed by atoms with van der Waals surface area (Å²) in [5.41, 5.74) is 1.83. The smallest absolute Gasteiger partial charge is 0.254 e. The van der Waals surface area contributed by atoms with Crippen molar-refractivity contribution in [2.75, 3.05) is 36.0 Å². The number of anilines is 2. The second kappa shape index (κ2) is 7.09. The number of fused-ring (bicyclic) bond motifs is 2. The van der Waals surface area contributed by atoms with Gasteiger partial charge in [-0.2, -0.15) is 0 Å². The van der Waals surface area contributed by atoms with E-state index in [1.807, 2.05) is 6.92 Å². The van der Waals surface area contributed by atoms with Gasteiger partial charge in [-0.15, -0.1) is 0 Å². The van der Waals surface area contributed by atoms with Crippen molar-refractivity contribution in [1.82, 2.24) is 19.9 Å². The molecule has 1 atom stereocenters. The molecule has 3 aliphatic rings. The molecule has 0 saturated carbocycles. The first-order chi connectivity index (χ1) is 14.0. The molecule has 8 nitrogen and oxygen atoms in total. The van der Waals surface area contributed by atoms with Gasteiger partial charge >= 0.3 is 0 Å². The summed E-state index contributed by atoms with van der Waals surface area (Å²) in [6.07, 6.45) is 6.90. The number of aromatic nitrogens is 4. The van der Waals surface area contributed by atoms with Crippen LogP contribution in [0.5, 0.6) is 0 Å². The van der Waals surface area contributed by atoms with Gasteiger partial charge in [0, 0.05) is 43.2 Å². The number of hydrogen-bond donors (Lipinski definition) is 2. The van der Waals surface area contributed by atoms with Gasteiger partial charge < -0.3 is 19.9 Å². The number of rotatable bonds is 2. The van der Waals surface area contributed by atoms with Gasteiger partial charge in [0.15, 0.2) is 0 Å². The van der Waals surface area contributed by atoms with Gasteiger partial charge in [-0.1, -0.05) is 0 Å². The number of H-pyrrole nitrogens is 1. The van der Waals surface area contributed by atoms with Crippen LogP contribution in [0.2, 0.25) is 0 Å². The van der Waals surface area contributed by atoms with Gasteiger partial charge in [-0.05, 0) is 45.4 Å². The number of aromatic amines is 1. The minimum Gasteiger partial charge on any atom is -0.393 e. The number of aryl methyl sites for hydroxylation is 1. The Labute approximate surface area is 170 Å². The van der Waals surface area contributed by atoms with Crippen LogP contribution in [0.1, 0.15) is 49.2 Å². The monoisotopic (exact) mass is 396 g/mol. The van der Waals surface area contributed by atoms with E-state index in [1.54, 1.807) is 6.33 Å². The van der Waals surface area contributed by atoms with Crippen LogP contribution in [0.15, 0.2) is 17.2 Å². The van der Waals surface area contributed by atoms with Crippen molar-refractivity contribution in [3.63, 3.8) is 0 Å². The zero-order valence-corrected chi connectivity index (χ0v) is 16.9. The van der Waals surface area contributed by atoms with Crippen LogP contribution >= 0.6 is 0 Å². The van der Waals surface area contributed by atoms with Crippen molar-refractivity contribution in [1.29, 1.82) is 0 Å². The molecule has 1 aliphatic carbocycles. The Bertz CT molecular complexity index is 968. The van der Waals surface area contributed by atoms with Crippen LogP contribution in [-0.2, 0) is 11.8 Å². The minimum atomic E-state index is -0.198. The third-order valence-corrected chi connectivity index (χ3v) is 6.82. The van der Waals surface area contributed by atoms with Gasteiger partial charge in [0.1, 0.15) is 23.8 Å². The van der Waals surface area contributed by atoms with E-state index in [2.05, 4.69) is 30.8 Å². The van der Waals surface area contributed by atoms with E-state index in [0.29, 0.717) is 5.82 Å². The standard InChI is InChI=1S/C21H28N6O2/c1-14-24-19-16(20(29)25-14)3-7-21(19)6-2-8-27(12-21)18-11-17(22-13-23-18)26-9-4-15(28)5-10-26/h11,13,15,28H,2-10,12H2,1H3,(H,24,25,29). The lowest BCUT2D eigenvalue weighted by Crippen LogP contribution is -2.46. The molecule has 2 saturated heterocycles. The van der Waals surface area contributed by atoms with Crippen LogP contribution in [0, 0.1) is 6.92 Å². The summed E-state index contributed by atoms with van der Waals surface area (Å²) in [5, 5.41) is 9.77. The fraction of sp³-hybridized carbons (Fsp3) is 0.619. The minimum absolute atomic E-state index is 0.0260. The zero-order valence-electron chi connectivity index (χ0n) is 16.9. The molecule has 29 heavy (non-hydrogen) atoms. The van der Waals surface area contributed by atoms with Crippen molar-refractivity contribution in [2.24, 2.45) is 0 Å². The Hall–Kier alpha value is -2.48. The van der Waals surface area contributed by atoms with E-state index in [4.69, 9.17) is 4.98 Å². The summed E-state index contributed by atoms with van der Waals surface area (Å²) in [6.45, 7) is 5.29. The van der Waals surface area contributed by atoms with Crippen LogP contribution in [0.3, 0.4) is 0 Å². The van der Waals surface area contributed by atoms with E-state index in [-0.39, 0.29) is 17.1 Å². The first-order valence-corrected chi connectivity index (χ1v) is 10.6. The van der Waals surface area contributed by atoms with Gasteiger partial charge in [-0.3, -0.25) is 4.79 Å². The normalized spacial score (nSPS) is 24.9. The lowest BCUT2D eigenvalue weighted by atomic mass is 9.77. The number of hydrogen-bond acceptors (Lipinski definition) is 7. The van der Waals surface area contributed by atoms with Crippen LogP contribution in [0.4, 0.5) is 11.6 Å². The molecule has 2 aromatic rings. The molecule has 1 unspecified atom stereocenters. The van der Waals surface area contributed by atoms with Gasteiger partial charge in [-0.25, -0.2) is 15.0 Å². The average molecular weight is 396 g/mol. The van der Waals surface area contributed by atoms with Crippen molar-refractivity contribution in [3.05, 3.63) is 39.8 Å². The first-order valence-electron chi connectivity index (χ1n) is 10.6. The molecule has 5 rings (SSSR count). The number of nitrogens with one attached hydrogen (secondary N) is 1. The predicted octanol–water partition coefficient (Wildman–Crippen LogP) is 1.31. The highest BCUT2D eigenvalue weighted by molar-refractivity contribution is 5.52. The molecular formula is C21H28N6O2. The fourth-order valence-electron chi connectivity index (χ4n) is 5.27. The molecule has 8 heteroatoms. The SMILES string of the molecule is Cc1nc2c(c(=O)[nH]1)CCC21CCCN(c2cc(N3CCC(O)CC3)ncn2)C1. The lowest BCUT2D eigenvalue weighted by Gasteiger charge is -2.41. The number of aliphatic hydroxyl groups is 1. The number of nitrogens with zero attached hydrogens (tertiary/aromatic N) is 5. The molecule has 0 bridgehead atoms. The molecule has 1 spiro atoms. The summed E-state index contributed by atoms with van der Waals surface area (Å²) >= 11 is 0. The van der Waals surface area contributed by atoms with Gasteiger partial charge in [0.05, 0.1) is 11.8 Å². The Kier molecular flexibility index (Phi) is 4.53. The summed E-state index contributed by atoms with van der Waals surface area (Å²) in [5.74, 6) is 2.57. The summed E-state index contributed by atoms with van der Waals surface area (Å²) in [7, 11) is 0. The third kappa shape index (κ3) is 3.29. The lowest BCUT2D eigenvalue weighted by molar-refractivity contribution is 0.145. The topological polar surface area (TPSA) is 98.2 Å². The van der Waals surface area contributed by atoms with Crippen LogP contribution < -0.4 is 15.4 Å². The quantitative estimate of drug-likeness (QED) is 0.790. The maximum absolute atomic E-state index is 12.4. The highest BCUT2D eigenvalue weighted by Crippen LogP contribution is 2.43. The Morgan fingerprint density at radius 2 is 1.90 bits per heavy atom. The van der Waals surface area contributed by atoms with Crippen molar-refractivity contribution in [3.8, 4) is 0 Å². The van der Waals surface area contributed by atoms with Gasteiger partial charge in [0.2, 0.25) is 0 Å². The van der Waals surface area contributed by atoms with E-state index < -0.39 is 0 Å². The molecule has 154 valence electrons. The second-order valence-electron chi connectivity index (χ2n) is 8.74. The second-order valence-corrected chi connectivity index (χ2v) is 8.74. The molecule has 2 N–H and O–H groups in total. The third-order valence-electron chi connectivity index (χ3n) is 6.82. The summed E-state index contributed by atoms with van der Waals surface area (Å²) in [4.78, 5) is 33.6. The van der Waals surface area contributed by atoms with Crippen LogP contribution in [-0.4, -0.2) is 57.3 Å². The largest absolute Gasteiger partial charge is 0.393 e. The van der Waals surface area contributed by atoms with E-state index in [0.717, 1.165) is 87.6 Å². The Balaban J connectivity index is 1.42. The van der Waals surface area contributed by atoms with Crippen LogP contribution in [0.25, 0.3) is 0 Å². The molecular weight excluding hydrogens is 368 g/mol. The highest BCUT2D eigenvalue weighted by Gasteiger charge is 2.45. The maximum atomic E-state index is 12.4. The predicted molar refractivity (Wildman–Crippen MR) is 111 cm³/mol. The average Bonchev–Trinajstić information content (AvgIpc) is 3.06. The molecule has 4 heterocycles. The van der Waals surface area contributed by atoms with E-state index in [1.165, 1.54) is 0 Å². The van der Waals surface area contributed by atoms with Crippen molar-refractivity contribution >= 4 is 11.6 Å². The summed E-state index contributed by atoms with van der Waals surface area (Å²) < 4.78 is 0. The zero-order chi connectivity index (χ0) is 20.0. The number of aliphatic hydroxyl groups excluding tert-OH is 1. The summed E-state index contributed by atoms with van der Waals surface area (Å²) in [6, 6.07) is 2.07. The highest BCUT2D eigenvalue weighted by atomic mass is 16.3. The van der Waals surface area contributed by atoms with Crippen molar-refractivity contribution in [2.45, 2.75) is 57.0 Å². The van der Waals surface area contributed by atoms with Crippen molar-refractivity contribution < 1.29 is 5.11 Å². The molecule has 2 fully saturated rings. The molecule has 0 aromatic carbocycles. The van der Waals surface area contributed by atoms with Gasteiger partial charge in [0.25, 0.3) is 5.56 Å². The molecule has 0 radical (unpaired) electrons. The Morgan fingerprint density at radius 1 is 1.14 bits per heavy atom. The van der Waals surface area contributed by atoms with E-state index in [9.17, 15) is 9.90 Å². The maximum Gasteiger partial charge on any atom is 0.254 e. The number of piperidine rings is 2.